The molecular formula is C25H24N2O3S. The van der Waals surface area contributed by atoms with Crippen LogP contribution in [0, 0.1) is 0 Å². The highest BCUT2D eigenvalue weighted by molar-refractivity contribution is 7.10. The summed E-state index contributed by atoms with van der Waals surface area (Å²) in [5.74, 6) is 1.02. The zero-order chi connectivity index (χ0) is 21.4. The Kier molecular flexibility index (Phi) is 5.02. The van der Waals surface area contributed by atoms with Crippen molar-refractivity contribution in [1.29, 1.82) is 0 Å². The normalized spacial score (nSPS) is 16.8. The molecule has 0 radical (unpaired) electrons. The minimum Gasteiger partial charge on any atom is -0.454 e. The largest absolute Gasteiger partial charge is 0.454 e. The third kappa shape index (κ3) is 3.31. The van der Waals surface area contributed by atoms with Crippen LogP contribution >= 0.6 is 11.3 Å². The number of amides is 2. The molecule has 0 unspecified atom stereocenters. The van der Waals surface area contributed by atoms with Crippen LogP contribution in [-0.2, 0) is 10.2 Å². The summed E-state index contributed by atoms with van der Waals surface area (Å²) in [6, 6.07) is 16.9. The van der Waals surface area contributed by atoms with Crippen molar-refractivity contribution < 1.29 is 14.3 Å². The Morgan fingerprint density at radius 3 is 2.65 bits per heavy atom. The van der Waals surface area contributed by atoms with Gasteiger partial charge in [0, 0.05) is 17.1 Å². The zero-order valence-corrected chi connectivity index (χ0v) is 18.2. The summed E-state index contributed by atoms with van der Waals surface area (Å²) in [6.45, 7) is 2.47. The number of thiophene rings is 1. The average molecular weight is 433 g/mol. The fraction of sp³-hybridized carbons (Fsp3) is 0.280. The van der Waals surface area contributed by atoms with Crippen LogP contribution in [0.15, 0.2) is 60.0 Å². The van der Waals surface area contributed by atoms with E-state index in [0.29, 0.717) is 29.3 Å². The molecule has 1 aliphatic heterocycles. The number of benzene rings is 2. The van der Waals surface area contributed by atoms with Crippen molar-refractivity contribution in [3.63, 3.8) is 0 Å². The average Bonchev–Trinajstić information content (AvgIpc) is 3.47. The van der Waals surface area contributed by atoms with E-state index in [1.165, 1.54) is 0 Å². The van der Waals surface area contributed by atoms with E-state index in [4.69, 9.17) is 4.74 Å². The second-order valence-electron chi connectivity index (χ2n) is 8.05. The van der Waals surface area contributed by atoms with Gasteiger partial charge in [0.2, 0.25) is 5.91 Å². The number of anilines is 2. The molecule has 1 saturated carbocycles. The molecule has 0 bridgehead atoms. The van der Waals surface area contributed by atoms with Crippen molar-refractivity contribution in [3.05, 3.63) is 70.4 Å². The monoisotopic (exact) mass is 432 g/mol. The molecule has 0 spiro atoms. The molecule has 3 aromatic rings. The Balaban J connectivity index is 1.48. The van der Waals surface area contributed by atoms with E-state index in [9.17, 15) is 9.59 Å². The molecule has 6 heteroatoms. The predicted molar refractivity (Wildman–Crippen MR) is 123 cm³/mol. The summed E-state index contributed by atoms with van der Waals surface area (Å²) in [6.07, 6.45) is 3.80. The van der Waals surface area contributed by atoms with Crippen LogP contribution in [0.1, 0.15) is 47.8 Å². The highest BCUT2D eigenvalue weighted by atomic mass is 32.1. The maximum Gasteiger partial charge on any atom is 0.262 e. The van der Waals surface area contributed by atoms with E-state index in [-0.39, 0.29) is 11.8 Å². The lowest BCUT2D eigenvalue weighted by Crippen LogP contribution is -2.37. The van der Waals surface area contributed by atoms with Gasteiger partial charge in [-0.25, -0.2) is 0 Å². The summed E-state index contributed by atoms with van der Waals surface area (Å²) in [5, 5.41) is 5.13. The first-order chi connectivity index (χ1) is 15.1. The maximum absolute atomic E-state index is 13.4. The number of hydrogen-bond donors (Lipinski definition) is 1. The molecule has 158 valence electrons. The molecule has 0 atom stereocenters. The van der Waals surface area contributed by atoms with Crippen molar-refractivity contribution in [1.82, 2.24) is 0 Å². The highest BCUT2D eigenvalue weighted by Crippen LogP contribution is 2.44. The van der Waals surface area contributed by atoms with Crippen LogP contribution in [0.5, 0.6) is 11.5 Å². The summed E-state index contributed by atoms with van der Waals surface area (Å²) in [7, 11) is 0. The molecule has 0 saturated heterocycles. The van der Waals surface area contributed by atoms with Gasteiger partial charge in [-0.1, -0.05) is 31.0 Å². The summed E-state index contributed by atoms with van der Waals surface area (Å²) in [5.41, 5.74) is 1.34. The van der Waals surface area contributed by atoms with Crippen molar-refractivity contribution >= 4 is 34.5 Å². The Morgan fingerprint density at radius 2 is 1.90 bits per heavy atom. The van der Waals surface area contributed by atoms with Crippen LogP contribution in [0.4, 0.5) is 11.4 Å². The molecule has 2 heterocycles. The second kappa shape index (κ2) is 7.85. The number of fused-ring (bicyclic) bond motifs is 2. The highest BCUT2D eigenvalue weighted by Gasteiger charge is 2.43. The Morgan fingerprint density at radius 1 is 1.10 bits per heavy atom. The SMILES string of the molecule is CCN1C(=O)c2cc(NC(=O)C3(c4cccs4)CCCC3)ccc2Oc2ccccc21. The molecule has 1 aliphatic carbocycles. The molecule has 31 heavy (non-hydrogen) atoms. The predicted octanol–water partition coefficient (Wildman–Crippen LogP) is 5.97. The van der Waals surface area contributed by atoms with E-state index in [2.05, 4.69) is 11.4 Å². The van der Waals surface area contributed by atoms with Crippen LogP contribution in [0.25, 0.3) is 0 Å². The third-order valence-electron chi connectivity index (χ3n) is 6.29. The lowest BCUT2D eigenvalue weighted by atomic mass is 9.83. The first-order valence-corrected chi connectivity index (χ1v) is 11.6. The number of para-hydroxylation sites is 2. The molecule has 2 amide bonds. The van der Waals surface area contributed by atoms with Crippen molar-refractivity contribution in [2.45, 2.75) is 38.0 Å². The molecule has 2 aromatic carbocycles. The van der Waals surface area contributed by atoms with Gasteiger partial charge in [0.15, 0.2) is 5.75 Å². The molecule has 1 fully saturated rings. The van der Waals surface area contributed by atoms with Gasteiger partial charge >= 0.3 is 0 Å². The number of carbonyl (C=O) groups excluding carboxylic acids is 2. The number of nitrogens with zero attached hydrogens (tertiary/aromatic N) is 1. The number of hydrogen-bond acceptors (Lipinski definition) is 4. The van der Waals surface area contributed by atoms with Crippen LogP contribution in [0.3, 0.4) is 0 Å². The smallest absolute Gasteiger partial charge is 0.262 e. The maximum atomic E-state index is 13.4. The van der Waals surface area contributed by atoms with Crippen LogP contribution < -0.4 is 15.0 Å². The molecule has 1 N–H and O–H groups in total. The molecule has 5 nitrogen and oxygen atoms in total. The lowest BCUT2D eigenvalue weighted by Gasteiger charge is -2.26. The quantitative estimate of drug-likeness (QED) is 0.552. The van der Waals surface area contributed by atoms with Gasteiger partial charge < -0.3 is 15.0 Å². The van der Waals surface area contributed by atoms with E-state index in [0.717, 1.165) is 36.2 Å². The lowest BCUT2D eigenvalue weighted by molar-refractivity contribution is -0.121. The van der Waals surface area contributed by atoms with Gasteiger partial charge in [0.05, 0.1) is 16.7 Å². The summed E-state index contributed by atoms with van der Waals surface area (Å²) < 4.78 is 6.07. The Bertz CT molecular complexity index is 1130. The van der Waals surface area contributed by atoms with Gasteiger partial charge in [-0.15, -0.1) is 11.3 Å². The van der Waals surface area contributed by atoms with Gasteiger partial charge in [0.1, 0.15) is 5.75 Å². The standard InChI is InChI=1S/C25H24N2O3S/c1-2-27-19-8-3-4-9-21(19)30-20-12-11-17(16-18(20)23(27)28)26-24(29)25(13-5-6-14-25)22-10-7-15-31-22/h3-4,7-12,15-16H,2,5-6,13-14H2,1H3,(H,26,29). The molecule has 1 aromatic heterocycles. The van der Waals surface area contributed by atoms with Crippen LogP contribution in [0.2, 0.25) is 0 Å². The Hall–Kier alpha value is -3.12. The van der Waals surface area contributed by atoms with Gasteiger partial charge in [-0.2, -0.15) is 0 Å². The minimum atomic E-state index is -0.479. The topological polar surface area (TPSA) is 58.6 Å². The molecule has 2 aliphatic rings. The fourth-order valence-corrected chi connectivity index (χ4v) is 5.67. The second-order valence-corrected chi connectivity index (χ2v) is 9.00. The van der Waals surface area contributed by atoms with Gasteiger partial charge in [-0.05, 0) is 61.5 Å². The minimum absolute atomic E-state index is 0.00465. The van der Waals surface area contributed by atoms with Crippen molar-refractivity contribution in [2.24, 2.45) is 0 Å². The first kappa shape index (κ1) is 19.8. The summed E-state index contributed by atoms with van der Waals surface area (Å²) in [4.78, 5) is 29.6. The van der Waals surface area contributed by atoms with Crippen molar-refractivity contribution in [3.8, 4) is 11.5 Å². The zero-order valence-electron chi connectivity index (χ0n) is 17.4. The molecule has 5 rings (SSSR count). The van der Waals surface area contributed by atoms with E-state index in [1.54, 1.807) is 28.4 Å². The van der Waals surface area contributed by atoms with Crippen molar-refractivity contribution in [2.75, 3.05) is 16.8 Å². The molecular weight excluding hydrogens is 408 g/mol. The third-order valence-corrected chi connectivity index (χ3v) is 7.36. The van der Waals surface area contributed by atoms with Gasteiger partial charge in [-0.3, -0.25) is 9.59 Å². The fourth-order valence-electron chi connectivity index (χ4n) is 4.68. The number of nitrogens with one attached hydrogen (secondary N) is 1. The van der Waals surface area contributed by atoms with E-state index >= 15 is 0 Å². The van der Waals surface area contributed by atoms with Crippen LogP contribution in [-0.4, -0.2) is 18.4 Å². The number of rotatable bonds is 4. The van der Waals surface area contributed by atoms with Gasteiger partial charge in [0.25, 0.3) is 5.91 Å². The number of carbonyl (C=O) groups is 2. The number of ether oxygens (including phenoxy) is 1. The Labute approximate surface area is 185 Å². The van der Waals surface area contributed by atoms with E-state index < -0.39 is 5.41 Å². The van der Waals surface area contributed by atoms with E-state index in [1.807, 2.05) is 48.7 Å². The summed E-state index contributed by atoms with van der Waals surface area (Å²) >= 11 is 1.64. The first-order valence-electron chi connectivity index (χ1n) is 10.7.